The second-order valence-corrected chi connectivity index (χ2v) is 6.37. The van der Waals surface area contributed by atoms with Crippen molar-refractivity contribution >= 4 is 22.5 Å². The Labute approximate surface area is 127 Å². The molecule has 1 aliphatic heterocycles. The smallest absolute Gasteiger partial charge is 0.349 e. The minimum atomic E-state index is -2.12. The molecule has 1 heterocycles. The average molecular weight is 331 g/mol. The van der Waals surface area contributed by atoms with Crippen LogP contribution in [0.1, 0.15) is 19.8 Å². The maximum Gasteiger partial charge on any atom is 0.349 e. The van der Waals surface area contributed by atoms with Gasteiger partial charge in [0.15, 0.2) is 17.5 Å². The van der Waals surface area contributed by atoms with E-state index in [1.165, 1.54) is 11.1 Å². The number of ether oxygens (including phenoxy) is 1. The molecule has 0 amide bonds. The zero-order chi connectivity index (χ0) is 16.0. The summed E-state index contributed by atoms with van der Waals surface area (Å²) < 4.78 is 58.3. The van der Waals surface area contributed by atoms with Gasteiger partial charge in [0.05, 0.1) is 28.0 Å². The summed E-state index contributed by atoms with van der Waals surface area (Å²) in [6, 6.07) is 0.547. The Hall–Kier alpha value is -1.83. The first kappa shape index (κ1) is 15.1. The number of anilines is 1. The summed E-state index contributed by atoms with van der Waals surface area (Å²) in [5.41, 5.74) is -0.271. The first-order valence-electron chi connectivity index (χ1n) is 6.72. The summed E-state index contributed by atoms with van der Waals surface area (Å²) in [7, 11) is -2.12. The molecule has 3 rings (SSSR count). The second kappa shape index (κ2) is 5.42. The molecule has 8 heteroatoms. The van der Waals surface area contributed by atoms with Gasteiger partial charge in [0.25, 0.3) is 0 Å². The van der Waals surface area contributed by atoms with E-state index in [0.29, 0.717) is 6.07 Å². The van der Waals surface area contributed by atoms with Crippen LogP contribution in [0, 0.1) is 17.5 Å². The van der Waals surface area contributed by atoms with Crippen LogP contribution in [0.5, 0.6) is 0 Å². The lowest BCUT2D eigenvalue weighted by Gasteiger charge is -2.28. The third-order valence-corrected chi connectivity index (χ3v) is 4.81. The molecule has 1 saturated carbocycles. The molecule has 2 aliphatic rings. The third kappa shape index (κ3) is 2.31. The highest BCUT2D eigenvalue weighted by atomic mass is 32.2. The molecule has 0 radical (unpaired) electrons. The minimum Gasteiger partial charge on any atom is -0.462 e. The van der Waals surface area contributed by atoms with Gasteiger partial charge in [-0.2, -0.15) is 0 Å². The van der Waals surface area contributed by atoms with E-state index in [0.717, 1.165) is 12.8 Å². The van der Waals surface area contributed by atoms with E-state index >= 15 is 0 Å². The topological polar surface area (TPSA) is 46.6 Å². The number of fused-ring (bicyclic) bond motifs is 1. The maximum absolute atomic E-state index is 14.1. The second-order valence-electron chi connectivity index (χ2n) is 4.95. The van der Waals surface area contributed by atoms with Gasteiger partial charge >= 0.3 is 5.97 Å². The van der Waals surface area contributed by atoms with E-state index in [1.807, 2.05) is 0 Å². The van der Waals surface area contributed by atoms with Gasteiger partial charge in [0.2, 0.25) is 0 Å². The number of esters is 1. The Morgan fingerprint density at radius 3 is 2.64 bits per heavy atom. The van der Waals surface area contributed by atoms with Gasteiger partial charge < -0.3 is 9.64 Å². The van der Waals surface area contributed by atoms with E-state index in [9.17, 15) is 22.2 Å². The standard InChI is InChI=1S/C14H12F3NO3S/c1-2-21-14(19)10-6-18(7-3-4-7)13-9(22(10)20)5-8(15)11(16)12(13)17/h5-7H,2-4H2,1H3. The largest absolute Gasteiger partial charge is 0.462 e. The fourth-order valence-corrected chi connectivity index (χ4v) is 3.51. The fraction of sp³-hybridized carbons (Fsp3) is 0.357. The molecule has 0 saturated heterocycles. The molecule has 0 N–H and O–H groups in total. The van der Waals surface area contributed by atoms with Crippen LogP contribution in [0.2, 0.25) is 0 Å². The minimum absolute atomic E-state index is 0.0792. The monoisotopic (exact) mass is 331 g/mol. The van der Waals surface area contributed by atoms with Crippen molar-refractivity contribution in [3.8, 4) is 0 Å². The van der Waals surface area contributed by atoms with Crippen LogP contribution in [-0.4, -0.2) is 22.8 Å². The number of carbonyl (C=O) groups excluding carboxylic acids is 1. The molecule has 1 atom stereocenters. The lowest BCUT2D eigenvalue weighted by atomic mass is 10.2. The molecule has 1 aromatic carbocycles. The maximum atomic E-state index is 14.1. The van der Waals surface area contributed by atoms with Crippen LogP contribution in [-0.2, 0) is 20.3 Å². The Kier molecular flexibility index (Phi) is 3.72. The van der Waals surface area contributed by atoms with E-state index in [1.54, 1.807) is 6.92 Å². The number of hydrogen-bond acceptors (Lipinski definition) is 4. The Balaban J connectivity index is 2.16. The molecule has 22 heavy (non-hydrogen) atoms. The zero-order valence-electron chi connectivity index (χ0n) is 11.6. The summed E-state index contributed by atoms with van der Waals surface area (Å²) >= 11 is 0. The summed E-state index contributed by atoms with van der Waals surface area (Å²) in [6.07, 6.45) is 2.66. The van der Waals surface area contributed by atoms with Gasteiger partial charge in [-0.15, -0.1) is 0 Å². The van der Waals surface area contributed by atoms with Crippen LogP contribution < -0.4 is 4.90 Å². The van der Waals surface area contributed by atoms with Gasteiger partial charge in [0.1, 0.15) is 4.91 Å². The predicted octanol–water partition coefficient (Wildman–Crippen LogP) is 2.60. The normalized spacial score (nSPS) is 20.5. The molecule has 1 aliphatic carbocycles. The molecular formula is C14H12F3NO3S. The van der Waals surface area contributed by atoms with Gasteiger partial charge in [-0.25, -0.2) is 22.2 Å². The molecule has 118 valence electrons. The van der Waals surface area contributed by atoms with Crippen molar-refractivity contribution in [2.45, 2.75) is 30.7 Å². The van der Waals surface area contributed by atoms with Crippen LogP contribution in [0.15, 0.2) is 22.1 Å². The van der Waals surface area contributed by atoms with Crippen molar-refractivity contribution in [1.82, 2.24) is 0 Å². The summed E-state index contributed by atoms with van der Waals surface area (Å²) in [5.74, 6) is -5.27. The van der Waals surface area contributed by atoms with E-state index in [-0.39, 0.29) is 28.1 Å². The number of hydrogen-bond donors (Lipinski definition) is 0. The number of nitrogens with zero attached hydrogens (tertiary/aromatic N) is 1. The molecule has 1 unspecified atom stereocenters. The van der Waals surface area contributed by atoms with Crippen molar-refractivity contribution in [2.24, 2.45) is 0 Å². The van der Waals surface area contributed by atoms with Gasteiger partial charge in [-0.3, -0.25) is 0 Å². The van der Waals surface area contributed by atoms with Crippen molar-refractivity contribution in [1.29, 1.82) is 0 Å². The van der Waals surface area contributed by atoms with Crippen molar-refractivity contribution in [3.05, 3.63) is 34.6 Å². The van der Waals surface area contributed by atoms with Crippen molar-refractivity contribution in [3.63, 3.8) is 0 Å². The fourth-order valence-electron chi connectivity index (χ4n) is 2.27. The molecule has 0 aromatic heterocycles. The molecule has 0 bridgehead atoms. The number of rotatable bonds is 3. The number of benzene rings is 1. The van der Waals surface area contributed by atoms with E-state index in [2.05, 4.69) is 0 Å². The highest BCUT2D eigenvalue weighted by Crippen LogP contribution is 2.42. The summed E-state index contributed by atoms with van der Waals surface area (Å²) in [4.78, 5) is 12.8. The molecule has 1 aromatic rings. The Bertz CT molecular complexity index is 716. The molecular weight excluding hydrogens is 319 g/mol. The lowest BCUT2D eigenvalue weighted by Crippen LogP contribution is -2.30. The number of halogens is 3. The molecule has 1 fully saturated rings. The third-order valence-electron chi connectivity index (χ3n) is 3.43. The van der Waals surface area contributed by atoms with E-state index < -0.39 is 34.2 Å². The van der Waals surface area contributed by atoms with Crippen LogP contribution >= 0.6 is 0 Å². The van der Waals surface area contributed by atoms with Crippen LogP contribution in [0.3, 0.4) is 0 Å². The summed E-state index contributed by atoms with van der Waals surface area (Å²) in [6.45, 7) is 1.67. The van der Waals surface area contributed by atoms with Crippen LogP contribution in [0.25, 0.3) is 0 Å². The van der Waals surface area contributed by atoms with Gasteiger partial charge in [-0.1, -0.05) is 0 Å². The number of carbonyl (C=O) groups is 1. The SMILES string of the molecule is CCOC(=O)C1=CN(C2CC2)c2c(cc(F)c(F)c2F)S1=O. The first-order chi connectivity index (χ1) is 10.5. The molecule has 0 spiro atoms. The van der Waals surface area contributed by atoms with Gasteiger partial charge in [-0.05, 0) is 25.8 Å². The van der Waals surface area contributed by atoms with Crippen molar-refractivity contribution < 1.29 is 26.9 Å². The summed E-state index contributed by atoms with van der Waals surface area (Å²) in [5, 5.41) is 0. The molecule has 4 nitrogen and oxygen atoms in total. The Morgan fingerprint density at radius 1 is 1.36 bits per heavy atom. The van der Waals surface area contributed by atoms with E-state index in [4.69, 9.17) is 4.74 Å². The highest BCUT2D eigenvalue weighted by Gasteiger charge is 2.40. The first-order valence-corrected chi connectivity index (χ1v) is 7.87. The Morgan fingerprint density at radius 2 is 2.05 bits per heavy atom. The quantitative estimate of drug-likeness (QED) is 0.631. The average Bonchev–Trinajstić information content (AvgIpc) is 3.30. The lowest BCUT2D eigenvalue weighted by molar-refractivity contribution is -0.137. The van der Waals surface area contributed by atoms with Gasteiger partial charge in [0, 0.05) is 12.2 Å². The zero-order valence-corrected chi connectivity index (χ0v) is 12.4. The van der Waals surface area contributed by atoms with Crippen LogP contribution in [0.4, 0.5) is 18.9 Å². The van der Waals surface area contributed by atoms with Crippen molar-refractivity contribution in [2.75, 3.05) is 11.5 Å². The predicted molar refractivity (Wildman–Crippen MR) is 72.9 cm³/mol. The highest BCUT2D eigenvalue weighted by molar-refractivity contribution is 7.90.